The summed E-state index contributed by atoms with van der Waals surface area (Å²) in [6.45, 7) is 4.79. The Morgan fingerprint density at radius 3 is 2.44 bits per heavy atom. The Bertz CT molecular complexity index is 332. The molecule has 1 atom stereocenters. The van der Waals surface area contributed by atoms with E-state index in [1.165, 1.54) is 12.8 Å². The molecule has 88 valence electrons. The average molecular weight is 219 g/mol. The number of hydrogen-bond donors (Lipinski definition) is 2. The first-order chi connectivity index (χ1) is 7.63. The highest BCUT2D eigenvalue weighted by Crippen LogP contribution is 2.30. The van der Waals surface area contributed by atoms with Gasteiger partial charge in [0.25, 0.3) is 0 Å². The fourth-order valence-corrected chi connectivity index (χ4v) is 1.95. The lowest BCUT2D eigenvalue weighted by atomic mass is 9.83. The predicted molar refractivity (Wildman–Crippen MR) is 66.2 cm³/mol. The van der Waals surface area contributed by atoms with Gasteiger partial charge in [0.1, 0.15) is 5.60 Å². The summed E-state index contributed by atoms with van der Waals surface area (Å²) in [5, 5.41) is 14.2. The minimum absolute atomic E-state index is 0.209. The highest BCUT2D eigenvalue weighted by molar-refractivity contribution is 5.23. The van der Waals surface area contributed by atoms with Crippen LogP contribution in [0, 0.1) is 5.92 Å². The fraction of sp³-hybridized carbons (Fsp3) is 0.571. The Morgan fingerprint density at radius 2 is 1.94 bits per heavy atom. The van der Waals surface area contributed by atoms with Crippen molar-refractivity contribution in [1.82, 2.24) is 5.32 Å². The SMILES string of the molecule is CC(C)C(O)(CNC1CC1)c1ccccc1. The van der Waals surface area contributed by atoms with Crippen LogP contribution in [0.4, 0.5) is 0 Å². The summed E-state index contributed by atoms with van der Waals surface area (Å²) in [6.07, 6.45) is 2.51. The van der Waals surface area contributed by atoms with Crippen LogP contribution in [0.2, 0.25) is 0 Å². The largest absolute Gasteiger partial charge is 0.384 e. The van der Waals surface area contributed by atoms with Crippen LogP contribution in [0.5, 0.6) is 0 Å². The van der Waals surface area contributed by atoms with Crippen LogP contribution in [0.25, 0.3) is 0 Å². The number of nitrogens with one attached hydrogen (secondary N) is 1. The summed E-state index contributed by atoms with van der Waals surface area (Å²) < 4.78 is 0. The topological polar surface area (TPSA) is 32.3 Å². The van der Waals surface area contributed by atoms with Gasteiger partial charge in [0.15, 0.2) is 0 Å². The van der Waals surface area contributed by atoms with Gasteiger partial charge in [0, 0.05) is 12.6 Å². The van der Waals surface area contributed by atoms with Crippen LogP contribution >= 0.6 is 0 Å². The van der Waals surface area contributed by atoms with Crippen LogP contribution in [-0.4, -0.2) is 17.7 Å². The summed E-state index contributed by atoms with van der Waals surface area (Å²) in [5.74, 6) is 0.209. The Hall–Kier alpha value is -0.860. The summed E-state index contributed by atoms with van der Waals surface area (Å²) in [4.78, 5) is 0. The van der Waals surface area contributed by atoms with E-state index in [4.69, 9.17) is 0 Å². The first-order valence-electron chi connectivity index (χ1n) is 6.14. The van der Waals surface area contributed by atoms with E-state index in [9.17, 15) is 5.11 Å². The molecule has 2 nitrogen and oxygen atoms in total. The van der Waals surface area contributed by atoms with Crippen molar-refractivity contribution in [3.8, 4) is 0 Å². The zero-order valence-electron chi connectivity index (χ0n) is 10.1. The molecular weight excluding hydrogens is 198 g/mol. The van der Waals surface area contributed by atoms with Crippen LogP contribution in [0.3, 0.4) is 0 Å². The van der Waals surface area contributed by atoms with E-state index in [1.807, 2.05) is 30.3 Å². The zero-order chi connectivity index (χ0) is 11.6. The molecule has 1 aromatic rings. The van der Waals surface area contributed by atoms with E-state index in [2.05, 4.69) is 19.2 Å². The molecule has 0 amide bonds. The van der Waals surface area contributed by atoms with Crippen LogP contribution in [0.15, 0.2) is 30.3 Å². The molecule has 1 aromatic carbocycles. The van der Waals surface area contributed by atoms with Gasteiger partial charge in [0.05, 0.1) is 0 Å². The van der Waals surface area contributed by atoms with Crippen molar-refractivity contribution in [2.75, 3.05) is 6.54 Å². The van der Waals surface area contributed by atoms with Crippen molar-refractivity contribution in [3.05, 3.63) is 35.9 Å². The van der Waals surface area contributed by atoms with Gasteiger partial charge >= 0.3 is 0 Å². The molecule has 16 heavy (non-hydrogen) atoms. The van der Waals surface area contributed by atoms with Crippen molar-refractivity contribution in [1.29, 1.82) is 0 Å². The molecule has 0 heterocycles. The Balaban J connectivity index is 2.13. The number of benzene rings is 1. The maximum absolute atomic E-state index is 10.8. The molecule has 2 N–H and O–H groups in total. The summed E-state index contributed by atoms with van der Waals surface area (Å²) >= 11 is 0. The number of aliphatic hydroxyl groups is 1. The molecule has 0 spiro atoms. The normalized spacial score (nSPS) is 19.8. The quantitative estimate of drug-likeness (QED) is 0.796. The maximum atomic E-state index is 10.8. The van der Waals surface area contributed by atoms with Gasteiger partial charge in [-0.3, -0.25) is 0 Å². The van der Waals surface area contributed by atoms with E-state index in [0.717, 1.165) is 5.56 Å². The highest BCUT2D eigenvalue weighted by atomic mass is 16.3. The van der Waals surface area contributed by atoms with Crippen molar-refractivity contribution in [2.45, 2.75) is 38.3 Å². The van der Waals surface area contributed by atoms with E-state index < -0.39 is 5.60 Å². The van der Waals surface area contributed by atoms with Crippen LogP contribution in [0.1, 0.15) is 32.3 Å². The number of hydrogen-bond acceptors (Lipinski definition) is 2. The Kier molecular flexibility index (Phi) is 3.31. The molecule has 0 radical (unpaired) electrons. The smallest absolute Gasteiger partial charge is 0.104 e. The lowest BCUT2D eigenvalue weighted by Crippen LogP contribution is -2.43. The van der Waals surface area contributed by atoms with Crippen LogP contribution < -0.4 is 5.32 Å². The maximum Gasteiger partial charge on any atom is 0.104 e. The van der Waals surface area contributed by atoms with E-state index in [-0.39, 0.29) is 5.92 Å². The first-order valence-corrected chi connectivity index (χ1v) is 6.14. The van der Waals surface area contributed by atoms with E-state index in [0.29, 0.717) is 12.6 Å². The average Bonchev–Trinajstić information content (AvgIpc) is 3.10. The van der Waals surface area contributed by atoms with Gasteiger partial charge in [-0.1, -0.05) is 44.2 Å². The van der Waals surface area contributed by atoms with Crippen molar-refractivity contribution >= 4 is 0 Å². The molecule has 1 aliphatic carbocycles. The molecule has 1 saturated carbocycles. The highest BCUT2D eigenvalue weighted by Gasteiger charge is 2.34. The molecule has 2 heteroatoms. The van der Waals surface area contributed by atoms with Crippen molar-refractivity contribution < 1.29 is 5.11 Å². The van der Waals surface area contributed by atoms with Crippen molar-refractivity contribution in [3.63, 3.8) is 0 Å². The van der Waals surface area contributed by atoms with Gasteiger partial charge in [-0.15, -0.1) is 0 Å². The molecule has 0 saturated heterocycles. The van der Waals surface area contributed by atoms with Gasteiger partial charge in [0.2, 0.25) is 0 Å². The zero-order valence-corrected chi connectivity index (χ0v) is 10.1. The van der Waals surface area contributed by atoms with Gasteiger partial charge in [-0.2, -0.15) is 0 Å². The lowest BCUT2D eigenvalue weighted by Gasteiger charge is -2.33. The van der Waals surface area contributed by atoms with E-state index >= 15 is 0 Å². The van der Waals surface area contributed by atoms with Crippen molar-refractivity contribution in [2.24, 2.45) is 5.92 Å². The molecule has 0 bridgehead atoms. The monoisotopic (exact) mass is 219 g/mol. The Morgan fingerprint density at radius 1 is 1.31 bits per heavy atom. The first kappa shape index (κ1) is 11.6. The minimum atomic E-state index is -0.746. The van der Waals surface area contributed by atoms with E-state index in [1.54, 1.807) is 0 Å². The minimum Gasteiger partial charge on any atom is -0.384 e. The third-order valence-electron chi connectivity index (χ3n) is 3.47. The molecular formula is C14H21NO. The molecule has 1 fully saturated rings. The molecule has 0 aliphatic heterocycles. The second kappa shape index (κ2) is 4.56. The molecule has 2 rings (SSSR count). The molecule has 1 aliphatic rings. The second-order valence-electron chi connectivity index (χ2n) is 5.10. The van der Waals surface area contributed by atoms with Crippen LogP contribution in [-0.2, 0) is 5.60 Å². The summed E-state index contributed by atoms with van der Waals surface area (Å²) in [5.41, 5.74) is 0.266. The number of rotatable bonds is 5. The molecule has 0 aromatic heterocycles. The van der Waals surface area contributed by atoms with Gasteiger partial charge < -0.3 is 10.4 Å². The lowest BCUT2D eigenvalue weighted by molar-refractivity contribution is -0.00953. The fourth-order valence-electron chi connectivity index (χ4n) is 1.95. The third kappa shape index (κ3) is 2.45. The standard InChI is InChI=1S/C14H21NO/c1-11(2)14(16,10-15-13-8-9-13)12-6-4-3-5-7-12/h3-7,11,13,15-16H,8-10H2,1-2H3. The van der Waals surface area contributed by atoms with Gasteiger partial charge in [-0.25, -0.2) is 0 Å². The Labute approximate surface area is 97.7 Å². The summed E-state index contributed by atoms with van der Waals surface area (Å²) in [7, 11) is 0. The van der Waals surface area contributed by atoms with Gasteiger partial charge in [-0.05, 0) is 24.3 Å². The molecule has 1 unspecified atom stereocenters. The second-order valence-corrected chi connectivity index (χ2v) is 5.10. The summed E-state index contributed by atoms with van der Waals surface area (Å²) in [6, 6.07) is 10.6. The predicted octanol–water partition coefficient (Wildman–Crippen LogP) is 2.28. The third-order valence-corrected chi connectivity index (χ3v) is 3.47.